The molecule has 7 heteroatoms. The topological polar surface area (TPSA) is 60.2 Å². The molecule has 0 aromatic heterocycles. The lowest BCUT2D eigenvalue weighted by Crippen LogP contribution is -2.35. The van der Waals surface area contributed by atoms with Crippen LogP contribution < -0.4 is 5.73 Å². The molecular weight excluding hydrogens is 260 g/mol. The van der Waals surface area contributed by atoms with E-state index >= 15 is 0 Å². The van der Waals surface area contributed by atoms with Gasteiger partial charge in [-0.25, -0.2) is 17.2 Å². The van der Waals surface area contributed by atoms with Gasteiger partial charge in [0.15, 0.2) is 9.84 Å². The molecule has 0 aliphatic rings. The van der Waals surface area contributed by atoms with Crippen molar-refractivity contribution >= 4 is 21.4 Å². The molecule has 90 valence electrons. The van der Waals surface area contributed by atoms with Gasteiger partial charge in [0.25, 0.3) is 5.92 Å². The quantitative estimate of drug-likeness (QED) is 0.905. The molecule has 0 saturated carbocycles. The van der Waals surface area contributed by atoms with Crippen LogP contribution in [0, 0.1) is 0 Å². The average molecular weight is 270 g/mol. The third-order valence-corrected chi connectivity index (χ3v) is 3.92. The maximum atomic E-state index is 12.9. The van der Waals surface area contributed by atoms with Gasteiger partial charge in [-0.1, -0.05) is 11.6 Å². The number of hydrogen-bond donors (Lipinski definition) is 1. The molecule has 0 heterocycles. The second kappa shape index (κ2) is 4.65. The van der Waals surface area contributed by atoms with Crippen molar-refractivity contribution in [1.82, 2.24) is 0 Å². The normalized spacial score (nSPS) is 12.8. The number of halogens is 3. The smallest absolute Gasteiger partial charge is 0.274 e. The summed E-state index contributed by atoms with van der Waals surface area (Å²) < 4.78 is 48.8. The van der Waals surface area contributed by atoms with Crippen LogP contribution in [-0.4, -0.2) is 26.6 Å². The Hall–Kier alpha value is -0.720. The molecule has 1 rings (SSSR count). The minimum absolute atomic E-state index is 0.190. The third kappa shape index (κ3) is 3.40. The maximum Gasteiger partial charge on any atom is 0.274 e. The first-order chi connectivity index (χ1) is 7.27. The van der Waals surface area contributed by atoms with E-state index in [9.17, 15) is 17.2 Å². The average Bonchev–Trinajstić information content (AvgIpc) is 2.17. The van der Waals surface area contributed by atoms with Gasteiger partial charge in [0.2, 0.25) is 0 Å². The molecule has 0 aliphatic heterocycles. The summed E-state index contributed by atoms with van der Waals surface area (Å²) >= 11 is 5.56. The van der Waals surface area contributed by atoms with E-state index in [2.05, 4.69) is 0 Å². The van der Waals surface area contributed by atoms with Crippen molar-refractivity contribution in [3.63, 3.8) is 0 Å². The Balaban J connectivity index is 2.99. The Labute approximate surface area is 97.1 Å². The second-order valence-electron chi connectivity index (χ2n) is 3.27. The molecule has 0 aliphatic carbocycles. The highest BCUT2D eigenvalue weighted by Crippen LogP contribution is 2.21. The van der Waals surface area contributed by atoms with Crippen LogP contribution in [0.25, 0.3) is 0 Å². The second-order valence-corrected chi connectivity index (χ2v) is 5.70. The van der Waals surface area contributed by atoms with Crippen LogP contribution in [0.3, 0.4) is 0 Å². The van der Waals surface area contributed by atoms with Crippen LogP contribution in [0.4, 0.5) is 8.78 Å². The van der Waals surface area contributed by atoms with Gasteiger partial charge in [-0.3, -0.25) is 0 Å². The van der Waals surface area contributed by atoms with Crippen LogP contribution in [-0.2, 0) is 9.84 Å². The van der Waals surface area contributed by atoms with Crippen molar-refractivity contribution in [3.05, 3.63) is 29.3 Å². The number of benzene rings is 1. The molecule has 1 aromatic carbocycles. The molecule has 0 amide bonds. The Morgan fingerprint density at radius 2 is 1.75 bits per heavy atom. The number of rotatable bonds is 4. The number of nitrogens with two attached hydrogens (primary N) is 1. The van der Waals surface area contributed by atoms with E-state index in [1.165, 1.54) is 24.3 Å². The molecule has 0 spiro atoms. The molecule has 0 unspecified atom stereocenters. The fourth-order valence-corrected chi connectivity index (χ4v) is 2.58. The standard InChI is InChI=1S/C9H10ClF2NO2S/c10-7-1-3-8(4-2-7)16(14,15)6-9(11,12)5-13/h1-4H,5-6,13H2. The molecule has 1 aromatic rings. The van der Waals surface area contributed by atoms with Crippen molar-refractivity contribution in [2.75, 3.05) is 12.3 Å². The van der Waals surface area contributed by atoms with Gasteiger partial charge < -0.3 is 5.73 Å². The third-order valence-electron chi connectivity index (χ3n) is 1.87. The summed E-state index contributed by atoms with van der Waals surface area (Å²) in [5, 5.41) is 0.338. The first kappa shape index (κ1) is 13.3. The Kier molecular flexibility index (Phi) is 3.88. The summed E-state index contributed by atoms with van der Waals surface area (Å²) in [4.78, 5) is -0.190. The number of hydrogen-bond acceptors (Lipinski definition) is 3. The molecule has 3 nitrogen and oxygen atoms in total. The first-order valence-electron chi connectivity index (χ1n) is 4.33. The van der Waals surface area contributed by atoms with E-state index in [0.29, 0.717) is 5.02 Å². The summed E-state index contributed by atoms with van der Waals surface area (Å²) in [7, 11) is -4.04. The monoisotopic (exact) mass is 269 g/mol. The Morgan fingerprint density at radius 3 is 2.19 bits per heavy atom. The highest BCUT2D eigenvalue weighted by Gasteiger charge is 2.34. The molecule has 0 fully saturated rings. The van der Waals surface area contributed by atoms with Gasteiger partial charge in [-0.05, 0) is 24.3 Å². The summed E-state index contributed by atoms with van der Waals surface area (Å²) in [5.74, 6) is -4.71. The first-order valence-corrected chi connectivity index (χ1v) is 6.36. The lowest BCUT2D eigenvalue weighted by molar-refractivity contribution is 0.0357. The van der Waals surface area contributed by atoms with Gasteiger partial charge in [0, 0.05) is 5.02 Å². The fourth-order valence-electron chi connectivity index (χ4n) is 1.06. The van der Waals surface area contributed by atoms with Crippen LogP contribution in [0.5, 0.6) is 0 Å². The van der Waals surface area contributed by atoms with Gasteiger partial charge in [-0.2, -0.15) is 0 Å². The van der Waals surface area contributed by atoms with Gasteiger partial charge in [0.1, 0.15) is 5.75 Å². The van der Waals surface area contributed by atoms with Crippen LogP contribution >= 0.6 is 11.6 Å². The largest absolute Gasteiger partial charge is 0.325 e. The predicted molar refractivity (Wildman–Crippen MR) is 57.5 cm³/mol. The highest BCUT2D eigenvalue weighted by atomic mass is 35.5. The lowest BCUT2D eigenvalue weighted by atomic mass is 10.4. The minimum Gasteiger partial charge on any atom is -0.325 e. The molecular formula is C9H10ClF2NO2S. The van der Waals surface area contributed by atoms with Crippen LogP contribution in [0.2, 0.25) is 5.02 Å². The van der Waals surface area contributed by atoms with Crippen LogP contribution in [0.15, 0.2) is 29.2 Å². The maximum absolute atomic E-state index is 12.9. The van der Waals surface area contributed by atoms with E-state index in [1.807, 2.05) is 0 Å². The van der Waals surface area contributed by atoms with Crippen molar-refractivity contribution in [2.45, 2.75) is 10.8 Å². The van der Waals surface area contributed by atoms with Gasteiger partial charge in [0.05, 0.1) is 11.4 Å². The zero-order valence-electron chi connectivity index (χ0n) is 8.16. The van der Waals surface area contributed by atoms with Gasteiger partial charge >= 0.3 is 0 Å². The predicted octanol–water partition coefficient (Wildman–Crippen LogP) is 1.71. The van der Waals surface area contributed by atoms with E-state index < -0.39 is 28.1 Å². The van der Waals surface area contributed by atoms with E-state index in [0.717, 1.165) is 0 Å². The van der Waals surface area contributed by atoms with Gasteiger partial charge in [-0.15, -0.1) is 0 Å². The molecule has 0 radical (unpaired) electrons. The molecule has 0 atom stereocenters. The van der Waals surface area contributed by atoms with E-state index in [1.54, 1.807) is 0 Å². The number of sulfone groups is 1. The lowest BCUT2D eigenvalue weighted by Gasteiger charge is -2.13. The van der Waals surface area contributed by atoms with Crippen molar-refractivity contribution in [2.24, 2.45) is 5.73 Å². The summed E-state index contributed by atoms with van der Waals surface area (Å²) in [5.41, 5.74) is 4.78. The van der Waals surface area contributed by atoms with Crippen molar-refractivity contribution in [1.29, 1.82) is 0 Å². The van der Waals surface area contributed by atoms with Crippen molar-refractivity contribution < 1.29 is 17.2 Å². The molecule has 16 heavy (non-hydrogen) atoms. The summed E-state index contributed by atoms with van der Waals surface area (Å²) in [6, 6.07) is 5.03. The SMILES string of the molecule is NCC(F)(F)CS(=O)(=O)c1ccc(Cl)cc1. The Morgan fingerprint density at radius 1 is 1.25 bits per heavy atom. The number of alkyl halides is 2. The zero-order valence-corrected chi connectivity index (χ0v) is 9.73. The molecule has 0 bridgehead atoms. The molecule has 2 N–H and O–H groups in total. The zero-order chi connectivity index (χ0) is 12.4. The van der Waals surface area contributed by atoms with E-state index in [4.69, 9.17) is 17.3 Å². The fraction of sp³-hybridized carbons (Fsp3) is 0.333. The van der Waals surface area contributed by atoms with E-state index in [-0.39, 0.29) is 4.90 Å². The highest BCUT2D eigenvalue weighted by molar-refractivity contribution is 7.91. The molecule has 0 saturated heterocycles. The van der Waals surface area contributed by atoms with Crippen molar-refractivity contribution in [3.8, 4) is 0 Å². The van der Waals surface area contributed by atoms with Crippen LogP contribution in [0.1, 0.15) is 0 Å². The minimum atomic E-state index is -4.04. The Bertz CT molecular complexity index is 459. The summed E-state index contributed by atoms with van der Waals surface area (Å²) in [6.45, 7) is -1.00. The summed E-state index contributed by atoms with van der Waals surface area (Å²) in [6.07, 6.45) is 0.